The van der Waals surface area contributed by atoms with Gasteiger partial charge in [-0.2, -0.15) is 0 Å². The minimum atomic E-state index is -3.00. The van der Waals surface area contributed by atoms with Gasteiger partial charge < -0.3 is 14.7 Å². The van der Waals surface area contributed by atoms with Crippen molar-refractivity contribution < 1.29 is 27.9 Å². The first kappa shape index (κ1) is 16.6. The van der Waals surface area contributed by atoms with Gasteiger partial charge in [-0.3, -0.25) is 0 Å². The molecule has 18 heavy (non-hydrogen) atoms. The van der Waals surface area contributed by atoms with E-state index >= 15 is 0 Å². The molecule has 0 aromatic rings. The number of carboxylic acids is 1. The topological polar surface area (TPSA) is 101 Å². The molecule has 0 amide bonds. The quantitative estimate of drug-likeness (QED) is 0.456. The summed E-state index contributed by atoms with van der Waals surface area (Å²) < 4.78 is 26.5. The third-order valence-electron chi connectivity index (χ3n) is 1.92. The van der Waals surface area contributed by atoms with Gasteiger partial charge in [-0.1, -0.05) is 0 Å². The first-order chi connectivity index (χ1) is 8.20. The Labute approximate surface area is 106 Å². The van der Waals surface area contributed by atoms with Gasteiger partial charge in [-0.25, -0.2) is 18.0 Å². The number of sulfone groups is 1. The van der Waals surface area contributed by atoms with Crippen molar-refractivity contribution in [1.82, 2.24) is 4.90 Å². The summed E-state index contributed by atoms with van der Waals surface area (Å²) in [5.41, 5.74) is 0. The Morgan fingerprint density at radius 2 is 1.89 bits per heavy atom. The molecule has 8 heteroatoms. The number of carboxylic acid groups (broad SMARTS) is 1. The summed E-state index contributed by atoms with van der Waals surface area (Å²) in [7, 11) is -1.30. The van der Waals surface area contributed by atoms with Crippen molar-refractivity contribution in [2.75, 3.05) is 38.8 Å². The third-order valence-corrected chi connectivity index (χ3v) is 2.85. The zero-order chi connectivity index (χ0) is 14.2. The van der Waals surface area contributed by atoms with E-state index < -0.39 is 21.8 Å². The molecule has 0 fully saturated rings. The molecule has 0 saturated heterocycles. The summed E-state index contributed by atoms with van der Waals surface area (Å²) >= 11 is 0. The predicted molar refractivity (Wildman–Crippen MR) is 64.9 cm³/mol. The highest BCUT2D eigenvalue weighted by Crippen LogP contribution is 1.89. The molecule has 0 heterocycles. The molecule has 0 atom stereocenters. The number of aliphatic carboxylic acids is 1. The molecule has 0 aliphatic rings. The van der Waals surface area contributed by atoms with Crippen LogP contribution in [0.4, 0.5) is 0 Å². The second kappa shape index (κ2) is 7.83. The van der Waals surface area contributed by atoms with E-state index in [9.17, 15) is 18.0 Å². The lowest BCUT2D eigenvalue weighted by molar-refractivity contribution is -0.139. The number of esters is 1. The number of ether oxygens (including phenoxy) is 1. The molecule has 1 N–H and O–H groups in total. The maximum absolute atomic E-state index is 11.0. The number of carbonyl (C=O) groups is 2. The fraction of sp³-hybridized carbons (Fsp3) is 0.600. The average Bonchev–Trinajstić information content (AvgIpc) is 2.22. The van der Waals surface area contributed by atoms with Gasteiger partial charge in [0.2, 0.25) is 0 Å². The van der Waals surface area contributed by atoms with Crippen LogP contribution < -0.4 is 0 Å². The monoisotopic (exact) mass is 279 g/mol. The molecule has 0 bridgehead atoms. The number of likely N-dealkylation sites (N-methyl/N-ethyl adjacent to an activating group) is 1. The number of hydrogen-bond donors (Lipinski definition) is 1. The van der Waals surface area contributed by atoms with E-state index in [0.29, 0.717) is 19.2 Å². The number of hydrogen-bond acceptors (Lipinski definition) is 6. The highest BCUT2D eigenvalue weighted by Gasteiger charge is 2.06. The van der Waals surface area contributed by atoms with Crippen LogP contribution in [-0.2, 0) is 24.2 Å². The lowest BCUT2D eigenvalue weighted by Crippen LogP contribution is -2.29. The Bertz CT molecular complexity index is 414. The number of nitrogens with zero attached hydrogens (tertiary/aromatic N) is 1. The standard InChI is InChI=1S/C10H17NO6S/c1-11(6-8-18(2,15)16)5-7-17-10(14)4-3-9(12)13/h3-4H,5-8H2,1-2H3,(H,12,13)/b4-3+. The molecule has 0 aromatic heterocycles. The van der Waals surface area contributed by atoms with Gasteiger partial charge in [-0.05, 0) is 7.05 Å². The molecule has 0 rings (SSSR count). The van der Waals surface area contributed by atoms with E-state index in [1.54, 1.807) is 11.9 Å². The van der Waals surface area contributed by atoms with Gasteiger partial charge in [0.25, 0.3) is 0 Å². The summed E-state index contributed by atoms with van der Waals surface area (Å²) in [6.45, 7) is 0.798. The fourth-order valence-corrected chi connectivity index (χ4v) is 1.57. The zero-order valence-electron chi connectivity index (χ0n) is 10.3. The number of rotatable bonds is 8. The van der Waals surface area contributed by atoms with Gasteiger partial charge in [-0.15, -0.1) is 0 Å². The Balaban J connectivity index is 3.78. The second-order valence-corrected chi connectivity index (χ2v) is 6.03. The molecule has 7 nitrogen and oxygen atoms in total. The van der Waals surface area contributed by atoms with Crippen molar-refractivity contribution in [1.29, 1.82) is 0 Å². The van der Waals surface area contributed by atoms with Crippen LogP contribution in [0.25, 0.3) is 0 Å². The van der Waals surface area contributed by atoms with Crippen molar-refractivity contribution >= 4 is 21.8 Å². The fourth-order valence-electron chi connectivity index (χ4n) is 0.923. The lowest BCUT2D eigenvalue weighted by atomic mass is 10.5. The molecule has 104 valence electrons. The van der Waals surface area contributed by atoms with Crippen molar-refractivity contribution in [2.45, 2.75) is 0 Å². The maximum Gasteiger partial charge on any atom is 0.331 e. The SMILES string of the molecule is CN(CCOC(=O)/C=C/C(=O)O)CCS(C)(=O)=O. The van der Waals surface area contributed by atoms with Gasteiger partial charge in [0.15, 0.2) is 0 Å². The van der Waals surface area contributed by atoms with Crippen LogP contribution in [0.1, 0.15) is 0 Å². The summed E-state index contributed by atoms with van der Waals surface area (Å²) in [5, 5.41) is 8.26. The van der Waals surface area contributed by atoms with Crippen LogP contribution in [0.5, 0.6) is 0 Å². The van der Waals surface area contributed by atoms with Gasteiger partial charge in [0, 0.05) is 31.5 Å². The van der Waals surface area contributed by atoms with Crippen LogP contribution in [0, 0.1) is 0 Å². The Morgan fingerprint density at radius 1 is 1.28 bits per heavy atom. The summed E-state index contributed by atoms with van der Waals surface area (Å²) in [5.74, 6) is -1.93. The minimum Gasteiger partial charge on any atom is -0.478 e. The van der Waals surface area contributed by atoms with Gasteiger partial charge >= 0.3 is 11.9 Å². The first-order valence-corrected chi connectivity index (χ1v) is 7.21. The molecule has 0 aromatic carbocycles. The van der Waals surface area contributed by atoms with E-state index in [0.717, 1.165) is 12.3 Å². The van der Waals surface area contributed by atoms with E-state index in [1.165, 1.54) is 0 Å². The molecule has 0 aliphatic carbocycles. The smallest absolute Gasteiger partial charge is 0.331 e. The van der Waals surface area contributed by atoms with Crippen molar-refractivity contribution in [3.05, 3.63) is 12.2 Å². The molecule has 0 saturated carbocycles. The van der Waals surface area contributed by atoms with Gasteiger partial charge in [0.1, 0.15) is 16.4 Å². The average molecular weight is 279 g/mol. The van der Waals surface area contributed by atoms with E-state index in [-0.39, 0.29) is 12.4 Å². The number of carbonyl (C=O) groups excluding carboxylic acids is 1. The van der Waals surface area contributed by atoms with Crippen LogP contribution in [-0.4, -0.2) is 69.1 Å². The van der Waals surface area contributed by atoms with Crippen molar-refractivity contribution in [2.24, 2.45) is 0 Å². The second-order valence-electron chi connectivity index (χ2n) is 3.77. The minimum absolute atomic E-state index is 0.0381. The van der Waals surface area contributed by atoms with E-state index in [1.807, 2.05) is 0 Å². The third kappa shape index (κ3) is 11.1. The Hall–Kier alpha value is -1.41. The normalized spacial score (nSPS) is 11.9. The summed E-state index contributed by atoms with van der Waals surface area (Å²) in [6.07, 6.45) is 2.66. The van der Waals surface area contributed by atoms with Crippen LogP contribution in [0.2, 0.25) is 0 Å². The molecule has 0 spiro atoms. The molecule has 0 aliphatic heterocycles. The molecule has 0 unspecified atom stereocenters. The summed E-state index contributed by atoms with van der Waals surface area (Å²) in [4.78, 5) is 22.8. The largest absolute Gasteiger partial charge is 0.478 e. The van der Waals surface area contributed by atoms with Crippen LogP contribution in [0.3, 0.4) is 0 Å². The highest BCUT2D eigenvalue weighted by atomic mass is 32.2. The maximum atomic E-state index is 11.0. The van der Waals surface area contributed by atoms with E-state index in [4.69, 9.17) is 9.84 Å². The Kier molecular flexibility index (Phi) is 7.21. The van der Waals surface area contributed by atoms with Crippen LogP contribution >= 0.6 is 0 Å². The highest BCUT2D eigenvalue weighted by molar-refractivity contribution is 7.90. The molecular formula is C10H17NO6S. The molecule has 0 radical (unpaired) electrons. The molecular weight excluding hydrogens is 262 g/mol. The predicted octanol–water partition coefficient (Wildman–Crippen LogP) is -0.853. The first-order valence-electron chi connectivity index (χ1n) is 5.15. The summed E-state index contributed by atoms with van der Waals surface area (Å²) in [6, 6.07) is 0. The van der Waals surface area contributed by atoms with Crippen LogP contribution in [0.15, 0.2) is 12.2 Å². The van der Waals surface area contributed by atoms with Crippen molar-refractivity contribution in [3.63, 3.8) is 0 Å². The van der Waals surface area contributed by atoms with Crippen molar-refractivity contribution in [3.8, 4) is 0 Å². The van der Waals surface area contributed by atoms with Gasteiger partial charge in [0.05, 0.1) is 5.75 Å². The lowest BCUT2D eigenvalue weighted by Gasteiger charge is -2.15. The Morgan fingerprint density at radius 3 is 2.39 bits per heavy atom. The zero-order valence-corrected chi connectivity index (χ0v) is 11.1. The van der Waals surface area contributed by atoms with E-state index in [2.05, 4.69) is 0 Å².